The van der Waals surface area contributed by atoms with E-state index >= 15 is 0 Å². The third kappa shape index (κ3) is 4.46. The first-order valence-electron chi connectivity index (χ1n) is 6.35. The van der Waals surface area contributed by atoms with Crippen molar-refractivity contribution in [2.24, 2.45) is 0 Å². The fourth-order valence-electron chi connectivity index (χ4n) is 1.93. The van der Waals surface area contributed by atoms with Gasteiger partial charge in [0.2, 0.25) is 5.91 Å². The Morgan fingerprint density at radius 1 is 1.15 bits per heavy atom. The summed E-state index contributed by atoms with van der Waals surface area (Å²) in [6.45, 7) is 2.06. The summed E-state index contributed by atoms with van der Waals surface area (Å²) in [5, 5.41) is 2.92. The van der Waals surface area contributed by atoms with Gasteiger partial charge in [-0.05, 0) is 53.0 Å². The van der Waals surface area contributed by atoms with E-state index < -0.39 is 0 Å². The maximum Gasteiger partial charge on any atom is 0.224 e. The summed E-state index contributed by atoms with van der Waals surface area (Å²) in [7, 11) is 0. The molecule has 0 heterocycles. The van der Waals surface area contributed by atoms with Gasteiger partial charge in [0, 0.05) is 15.4 Å². The largest absolute Gasteiger partial charge is 0.325 e. The van der Waals surface area contributed by atoms with Crippen molar-refractivity contribution >= 4 is 43.5 Å². The van der Waals surface area contributed by atoms with Crippen molar-refractivity contribution in [3.05, 3.63) is 62.5 Å². The molecule has 0 unspecified atom stereocenters. The zero-order chi connectivity index (χ0) is 14.5. The Morgan fingerprint density at radius 3 is 2.70 bits per heavy atom. The van der Waals surface area contributed by atoms with Crippen LogP contribution in [0.1, 0.15) is 17.5 Å². The second-order valence-electron chi connectivity index (χ2n) is 4.66. The fourth-order valence-corrected chi connectivity index (χ4v) is 2.64. The Morgan fingerprint density at radius 2 is 1.95 bits per heavy atom. The van der Waals surface area contributed by atoms with Crippen LogP contribution in [-0.4, -0.2) is 5.91 Å². The lowest BCUT2D eigenvalue weighted by Gasteiger charge is -2.08. The Labute approximate surface area is 135 Å². The second kappa shape index (κ2) is 7.04. The van der Waals surface area contributed by atoms with Gasteiger partial charge >= 0.3 is 0 Å². The lowest BCUT2D eigenvalue weighted by atomic mass is 10.1. The van der Waals surface area contributed by atoms with Crippen molar-refractivity contribution in [3.63, 3.8) is 0 Å². The van der Waals surface area contributed by atoms with Gasteiger partial charge < -0.3 is 5.32 Å². The molecule has 2 aromatic carbocycles. The van der Waals surface area contributed by atoms with Crippen molar-refractivity contribution in [2.45, 2.75) is 19.8 Å². The van der Waals surface area contributed by atoms with E-state index in [1.54, 1.807) is 0 Å². The number of carbonyl (C=O) groups excluding carboxylic acids is 1. The molecule has 1 N–H and O–H groups in total. The van der Waals surface area contributed by atoms with E-state index in [2.05, 4.69) is 62.3 Å². The first kappa shape index (κ1) is 15.3. The van der Waals surface area contributed by atoms with Crippen LogP contribution in [0.3, 0.4) is 0 Å². The summed E-state index contributed by atoms with van der Waals surface area (Å²) in [6, 6.07) is 14.0. The molecule has 2 rings (SSSR count). The number of anilines is 1. The maximum atomic E-state index is 12.0. The maximum absolute atomic E-state index is 12.0. The van der Waals surface area contributed by atoms with Crippen molar-refractivity contribution in [1.82, 2.24) is 0 Å². The van der Waals surface area contributed by atoms with Crippen molar-refractivity contribution < 1.29 is 4.79 Å². The van der Waals surface area contributed by atoms with Gasteiger partial charge in [-0.25, -0.2) is 0 Å². The first-order chi connectivity index (χ1) is 9.54. The van der Waals surface area contributed by atoms with Crippen LogP contribution < -0.4 is 5.32 Å². The Hall–Kier alpha value is -1.13. The topological polar surface area (TPSA) is 29.1 Å². The van der Waals surface area contributed by atoms with Crippen molar-refractivity contribution in [3.8, 4) is 0 Å². The van der Waals surface area contributed by atoms with Crippen LogP contribution in [0.2, 0.25) is 0 Å². The molecular formula is C16H15Br2NO. The van der Waals surface area contributed by atoms with Crippen LogP contribution in [0, 0.1) is 6.92 Å². The number of halogens is 2. The number of aryl methyl sites for hydroxylation is 2. The molecule has 0 aliphatic carbocycles. The van der Waals surface area contributed by atoms with Gasteiger partial charge in [0.1, 0.15) is 0 Å². The van der Waals surface area contributed by atoms with E-state index in [0.717, 1.165) is 21.1 Å². The number of rotatable bonds is 4. The van der Waals surface area contributed by atoms with Crippen LogP contribution in [0.4, 0.5) is 5.69 Å². The molecule has 0 saturated heterocycles. The van der Waals surface area contributed by atoms with Crippen molar-refractivity contribution in [1.29, 1.82) is 0 Å². The summed E-state index contributed by atoms with van der Waals surface area (Å²) < 4.78 is 1.82. The molecular weight excluding hydrogens is 382 g/mol. The first-order valence-corrected chi connectivity index (χ1v) is 7.93. The Bertz CT molecular complexity index is 626. The molecule has 0 radical (unpaired) electrons. The lowest BCUT2D eigenvalue weighted by molar-refractivity contribution is -0.116. The van der Waals surface area contributed by atoms with Crippen molar-refractivity contribution in [2.75, 3.05) is 5.32 Å². The molecule has 20 heavy (non-hydrogen) atoms. The van der Waals surface area contributed by atoms with Crippen LogP contribution >= 0.6 is 31.9 Å². The average molecular weight is 397 g/mol. The predicted octanol–water partition coefficient (Wildman–Crippen LogP) is 5.09. The van der Waals surface area contributed by atoms with Gasteiger partial charge in [-0.1, -0.05) is 45.8 Å². The summed E-state index contributed by atoms with van der Waals surface area (Å²) in [5.41, 5.74) is 3.19. The zero-order valence-corrected chi connectivity index (χ0v) is 14.3. The number of carbonyl (C=O) groups is 1. The molecule has 0 fully saturated rings. The van der Waals surface area contributed by atoms with E-state index in [1.165, 1.54) is 11.1 Å². The molecule has 1 amide bonds. The summed E-state index contributed by atoms with van der Waals surface area (Å²) in [5.74, 6) is 0.0188. The third-order valence-corrected chi connectivity index (χ3v) is 4.11. The molecule has 4 heteroatoms. The third-order valence-electron chi connectivity index (χ3n) is 2.93. The van der Waals surface area contributed by atoms with E-state index in [1.807, 2.05) is 24.3 Å². The van der Waals surface area contributed by atoms with Gasteiger partial charge in [-0.3, -0.25) is 4.79 Å². The quantitative estimate of drug-likeness (QED) is 0.765. The number of benzene rings is 2. The Balaban J connectivity index is 1.94. The van der Waals surface area contributed by atoms with E-state index in [4.69, 9.17) is 0 Å². The fraction of sp³-hybridized carbons (Fsp3) is 0.188. The van der Waals surface area contributed by atoms with Crippen LogP contribution in [0.5, 0.6) is 0 Å². The normalized spacial score (nSPS) is 10.3. The molecule has 0 spiro atoms. The lowest BCUT2D eigenvalue weighted by Crippen LogP contribution is -2.12. The molecule has 2 aromatic rings. The SMILES string of the molecule is Cc1cccc(CCC(=O)Nc2cc(Br)ccc2Br)c1. The summed E-state index contributed by atoms with van der Waals surface area (Å²) in [4.78, 5) is 12.0. The highest BCUT2D eigenvalue weighted by atomic mass is 79.9. The molecule has 0 atom stereocenters. The minimum absolute atomic E-state index is 0.0188. The number of hydrogen-bond acceptors (Lipinski definition) is 1. The summed E-state index contributed by atoms with van der Waals surface area (Å²) >= 11 is 6.83. The van der Waals surface area contributed by atoms with Crippen LogP contribution in [0.25, 0.3) is 0 Å². The molecule has 0 aliphatic rings. The number of amides is 1. The molecule has 0 aromatic heterocycles. The minimum Gasteiger partial charge on any atom is -0.325 e. The zero-order valence-electron chi connectivity index (χ0n) is 11.1. The van der Waals surface area contributed by atoms with Crippen LogP contribution in [-0.2, 0) is 11.2 Å². The second-order valence-corrected chi connectivity index (χ2v) is 6.43. The molecule has 2 nitrogen and oxygen atoms in total. The standard InChI is InChI=1S/C16H15Br2NO/c1-11-3-2-4-12(9-11)5-8-16(20)19-15-10-13(17)6-7-14(15)18/h2-4,6-7,9-10H,5,8H2,1H3,(H,19,20). The highest BCUT2D eigenvalue weighted by molar-refractivity contribution is 9.11. The summed E-state index contributed by atoms with van der Waals surface area (Å²) in [6.07, 6.45) is 1.22. The average Bonchev–Trinajstić information content (AvgIpc) is 2.41. The van der Waals surface area contributed by atoms with Crippen LogP contribution in [0.15, 0.2) is 51.4 Å². The highest BCUT2D eigenvalue weighted by Crippen LogP contribution is 2.26. The van der Waals surface area contributed by atoms with Gasteiger partial charge in [-0.2, -0.15) is 0 Å². The monoisotopic (exact) mass is 395 g/mol. The minimum atomic E-state index is 0.0188. The van der Waals surface area contributed by atoms with E-state index in [0.29, 0.717) is 6.42 Å². The number of nitrogens with one attached hydrogen (secondary N) is 1. The smallest absolute Gasteiger partial charge is 0.224 e. The van der Waals surface area contributed by atoms with Gasteiger partial charge in [0.15, 0.2) is 0 Å². The highest BCUT2D eigenvalue weighted by Gasteiger charge is 2.06. The predicted molar refractivity (Wildman–Crippen MR) is 90.0 cm³/mol. The molecule has 0 bridgehead atoms. The molecule has 0 aliphatic heterocycles. The van der Waals surface area contributed by atoms with Gasteiger partial charge in [0.25, 0.3) is 0 Å². The van der Waals surface area contributed by atoms with E-state index in [9.17, 15) is 4.79 Å². The molecule has 104 valence electrons. The van der Waals surface area contributed by atoms with E-state index in [-0.39, 0.29) is 5.91 Å². The molecule has 0 saturated carbocycles. The Kier molecular flexibility index (Phi) is 5.38. The van der Waals surface area contributed by atoms with Gasteiger partial charge in [-0.15, -0.1) is 0 Å². The number of hydrogen-bond donors (Lipinski definition) is 1. The van der Waals surface area contributed by atoms with Gasteiger partial charge in [0.05, 0.1) is 5.69 Å².